The normalized spacial score (nSPS) is 13.1. The fraction of sp³-hybridized carbons (Fsp3) is 0.778. The maximum absolute atomic E-state index is 8.83. The van der Waals surface area contributed by atoms with Gasteiger partial charge in [-0.3, -0.25) is 0 Å². The average molecular weight is 198 g/mol. The number of rotatable bonds is 6. The molecule has 0 bridgehead atoms. The molecule has 0 saturated carbocycles. The predicted molar refractivity (Wildman–Crippen MR) is 53.7 cm³/mol. The molecule has 80 valence electrons. The standard InChI is InChI=1S/C9H18N4O/c1-3-4-13-9(11-7-12-13)5-10-8(2)6-14/h7-8,10,14H,3-6H2,1-2H3. The van der Waals surface area contributed by atoms with Gasteiger partial charge in [-0.2, -0.15) is 5.10 Å². The fourth-order valence-electron chi connectivity index (χ4n) is 1.15. The van der Waals surface area contributed by atoms with E-state index in [9.17, 15) is 0 Å². The topological polar surface area (TPSA) is 63.0 Å². The van der Waals surface area contributed by atoms with Crippen molar-refractivity contribution in [3.8, 4) is 0 Å². The summed E-state index contributed by atoms with van der Waals surface area (Å²) in [5.74, 6) is 0.923. The number of aryl methyl sites for hydroxylation is 1. The number of hydrogen-bond acceptors (Lipinski definition) is 4. The Morgan fingerprint density at radius 3 is 3.07 bits per heavy atom. The largest absolute Gasteiger partial charge is 0.395 e. The quantitative estimate of drug-likeness (QED) is 0.683. The molecule has 1 heterocycles. The van der Waals surface area contributed by atoms with Crippen molar-refractivity contribution in [3.05, 3.63) is 12.2 Å². The van der Waals surface area contributed by atoms with Gasteiger partial charge in [0.25, 0.3) is 0 Å². The molecule has 0 fully saturated rings. The number of nitrogens with one attached hydrogen (secondary N) is 1. The second-order valence-corrected chi connectivity index (χ2v) is 3.36. The summed E-state index contributed by atoms with van der Waals surface area (Å²) >= 11 is 0. The van der Waals surface area contributed by atoms with Gasteiger partial charge >= 0.3 is 0 Å². The first-order valence-corrected chi connectivity index (χ1v) is 4.98. The van der Waals surface area contributed by atoms with Crippen LogP contribution >= 0.6 is 0 Å². The van der Waals surface area contributed by atoms with Crippen LogP contribution in [0, 0.1) is 0 Å². The summed E-state index contributed by atoms with van der Waals surface area (Å²) in [6, 6.07) is 0.0989. The molecule has 0 aliphatic rings. The molecular weight excluding hydrogens is 180 g/mol. The Hall–Kier alpha value is -0.940. The average Bonchev–Trinajstić information content (AvgIpc) is 2.62. The number of hydrogen-bond donors (Lipinski definition) is 2. The Balaban J connectivity index is 2.45. The van der Waals surface area contributed by atoms with Gasteiger partial charge in [0.05, 0.1) is 13.2 Å². The molecule has 0 saturated heterocycles. The molecule has 0 aliphatic heterocycles. The number of aromatic nitrogens is 3. The van der Waals surface area contributed by atoms with Crippen molar-refractivity contribution in [1.29, 1.82) is 0 Å². The molecule has 1 aromatic rings. The Bertz CT molecular complexity index is 261. The van der Waals surface area contributed by atoms with Gasteiger partial charge in [0.2, 0.25) is 0 Å². The summed E-state index contributed by atoms with van der Waals surface area (Å²) in [7, 11) is 0. The number of aliphatic hydroxyl groups is 1. The first-order valence-electron chi connectivity index (χ1n) is 4.98. The van der Waals surface area contributed by atoms with Crippen molar-refractivity contribution in [3.63, 3.8) is 0 Å². The van der Waals surface area contributed by atoms with Crippen molar-refractivity contribution in [2.75, 3.05) is 6.61 Å². The number of aliphatic hydroxyl groups excluding tert-OH is 1. The summed E-state index contributed by atoms with van der Waals surface area (Å²) in [5.41, 5.74) is 0. The molecule has 1 atom stereocenters. The lowest BCUT2D eigenvalue weighted by Gasteiger charge is -2.10. The molecule has 5 nitrogen and oxygen atoms in total. The third kappa shape index (κ3) is 3.08. The van der Waals surface area contributed by atoms with Crippen LogP contribution in [-0.2, 0) is 13.1 Å². The van der Waals surface area contributed by atoms with E-state index in [4.69, 9.17) is 5.11 Å². The molecule has 1 rings (SSSR count). The minimum Gasteiger partial charge on any atom is -0.395 e. The van der Waals surface area contributed by atoms with Crippen LogP contribution in [0.2, 0.25) is 0 Å². The smallest absolute Gasteiger partial charge is 0.140 e. The highest BCUT2D eigenvalue weighted by Crippen LogP contribution is 1.96. The Kier molecular flexibility index (Phi) is 4.55. The number of nitrogens with zero attached hydrogens (tertiary/aromatic N) is 3. The second kappa shape index (κ2) is 5.72. The third-order valence-electron chi connectivity index (χ3n) is 2.01. The van der Waals surface area contributed by atoms with E-state index >= 15 is 0 Å². The lowest BCUT2D eigenvalue weighted by atomic mass is 10.3. The molecule has 1 unspecified atom stereocenters. The first kappa shape index (κ1) is 11.1. The lowest BCUT2D eigenvalue weighted by molar-refractivity contribution is 0.249. The van der Waals surface area contributed by atoms with Gasteiger partial charge in [0, 0.05) is 12.6 Å². The SMILES string of the molecule is CCCn1ncnc1CNC(C)CO. The summed E-state index contributed by atoms with van der Waals surface area (Å²) in [6.45, 7) is 5.73. The van der Waals surface area contributed by atoms with E-state index in [0.29, 0.717) is 6.54 Å². The van der Waals surface area contributed by atoms with Gasteiger partial charge in [0.1, 0.15) is 12.2 Å². The maximum Gasteiger partial charge on any atom is 0.140 e. The first-order chi connectivity index (χ1) is 6.77. The third-order valence-corrected chi connectivity index (χ3v) is 2.01. The van der Waals surface area contributed by atoms with E-state index in [1.807, 2.05) is 11.6 Å². The molecule has 14 heavy (non-hydrogen) atoms. The molecule has 0 aliphatic carbocycles. The summed E-state index contributed by atoms with van der Waals surface area (Å²) in [6.07, 6.45) is 2.61. The summed E-state index contributed by atoms with van der Waals surface area (Å²) < 4.78 is 1.89. The van der Waals surface area contributed by atoms with Gasteiger partial charge in [-0.1, -0.05) is 6.92 Å². The van der Waals surface area contributed by atoms with Gasteiger partial charge in [0.15, 0.2) is 0 Å². The zero-order valence-corrected chi connectivity index (χ0v) is 8.77. The molecule has 0 amide bonds. The molecule has 1 aromatic heterocycles. The Morgan fingerprint density at radius 1 is 1.64 bits per heavy atom. The van der Waals surface area contributed by atoms with E-state index in [-0.39, 0.29) is 12.6 Å². The van der Waals surface area contributed by atoms with Crippen LogP contribution < -0.4 is 5.32 Å². The van der Waals surface area contributed by atoms with Gasteiger partial charge < -0.3 is 10.4 Å². The fourth-order valence-corrected chi connectivity index (χ4v) is 1.15. The molecule has 0 spiro atoms. The molecule has 5 heteroatoms. The van der Waals surface area contributed by atoms with Crippen LogP contribution in [0.25, 0.3) is 0 Å². The van der Waals surface area contributed by atoms with Crippen LogP contribution in [-0.4, -0.2) is 32.5 Å². The van der Waals surface area contributed by atoms with Crippen molar-refractivity contribution < 1.29 is 5.11 Å². The predicted octanol–water partition coefficient (Wildman–Crippen LogP) is 0.159. The molecule has 2 N–H and O–H groups in total. The molecule has 0 radical (unpaired) electrons. The van der Waals surface area contributed by atoms with Crippen molar-refractivity contribution in [2.24, 2.45) is 0 Å². The maximum atomic E-state index is 8.83. The summed E-state index contributed by atoms with van der Waals surface area (Å²) in [5, 5.41) is 16.1. The second-order valence-electron chi connectivity index (χ2n) is 3.36. The highest BCUT2D eigenvalue weighted by Gasteiger charge is 2.04. The zero-order valence-electron chi connectivity index (χ0n) is 8.77. The van der Waals surface area contributed by atoms with Crippen molar-refractivity contribution in [1.82, 2.24) is 20.1 Å². The lowest BCUT2D eigenvalue weighted by Crippen LogP contribution is -2.30. The minimum atomic E-state index is 0.0989. The van der Waals surface area contributed by atoms with E-state index in [2.05, 4.69) is 22.3 Å². The van der Waals surface area contributed by atoms with E-state index in [0.717, 1.165) is 18.8 Å². The van der Waals surface area contributed by atoms with Crippen molar-refractivity contribution >= 4 is 0 Å². The Morgan fingerprint density at radius 2 is 2.43 bits per heavy atom. The molecule has 0 aromatic carbocycles. The highest BCUT2D eigenvalue weighted by molar-refractivity contribution is 4.84. The van der Waals surface area contributed by atoms with Gasteiger partial charge in [-0.15, -0.1) is 0 Å². The monoisotopic (exact) mass is 198 g/mol. The summed E-state index contributed by atoms with van der Waals surface area (Å²) in [4.78, 5) is 4.15. The highest BCUT2D eigenvalue weighted by atomic mass is 16.3. The van der Waals surface area contributed by atoms with E-state index in [1.165, 1.54) is 0 Å². The minimum absolute atomic E-state index is 0.0989. The van der Waals surface area contributed by atoms with Crippen LogP contribution in [0.3, 0.4) is 0 Å². The van der Waals surface area contributed by atoms with E-state index in [1.54, 1.807) is 6.33 Å². The van der Waals surface area contributed by atoms with Crippen LogP contribution in [0.1, 0.15) is 26.1 Å². The Labute approximate surface area is 84.2 Å². The van der Waals surface area contributed by atoms with Crippen LogP contribution in [0.15, 0.2) is 6.33 Å². The van der Waals surface area contributed by atoms with Crippen LogP contribution in [0.5, 0.6) is 0 Å². The van der Waals surface area contributed by atoms with E-state index < -0.39 is 0 Å². The zero-order chi connectivity index (χ0) is 10.4. The van der Waals surface area contributed by atoms with Crippen LogP contribution in [0.4, 0.5) is 0 Å². The van der Waals surface area contributed by atoms with Gasteiger partial charge in [-0.05, 0) is 13.3 Å². The van der Waals surface area contributed by atoms with Gasteiger partial charge in [-0.25, -0.2) is 9.67 Å². The van der Waals surface area contributed by atoms with Crippen molar-refractivity contribution in [2.45, 2.75) is 39.4 Å². The molecular formula is C9H18N4O.